The zero-order valence-corrected chi connectivity index (χ0v) is 14.1. The lowest BCUT2D eigenvalue weighted by molar-refractivity contribution is 0.302. The van der Waals surface area contributed by atoms with E-state index in [1.807, 2.05) is 0 Å². The zero-order chi connectivity index (χ0) is 15.4. The van der Waals surface area contributed by atoms with Crippen molar-refractivity contribution in [3.63, 3.8) is 0 Å². The van der Waals surface area contributed by atoms with Crippen LogP contribution in [0.1, 0.15) is 67.6 Å². The molecule has 2 aliphatic carbocycles. The molecule has 1 saturated carbocycles. The molecule has 22 heavy (non-hydrogen) atoms. The molecule has 0 heterocycles. The maximum absolute atomic E-state index is 4.00. The number of rotatable bonds is 5. The number of aryl methyl sites for hydroxylation is 2. The Bertz CT molecular complexity index is 499. The summed E-state index contributed by atoms with van der Waals surface area (Å²) < 4.78 is 0. The molecule has 0 radical (unpaired) electrons. The number of hydrogen-bond donors (Lipinski definition) is 1. The second-order valence-corrected chi connectivity index (χ2v) is 7.39. The molecule has 1 heteroatoms. The molecule has 1 fully saturated rings. The minimum atomic E-state index is 0.616. The fourth-order valence-electron chi connectivity index (χ4n) is 4.47. The molecule has 2 unspecified atom stereocenters. The molecule has 0 saturated heterocycles. The normalized spacial score (nSPS) is 25.7. The largest absolute Gasteiger partial charge is 0.313 e. The summed E-state index contributed by atoms with van der Waals surface area (Å²) in [5.74, 6) is 1.53. The van der Waals surface area contributed by atoms with E-state index in [9.17, 15) is 0 Å². The van der Waals surface area contributed by atoms with Gasteiger partial charge in [-0.2, -0.15) is 0 Å². The van der Waals surface area contributed by atoms with Crippen LogP contribution in [-0.4, -0.2) is 12.6 Å². The zero-order valence-electron chi connectivity index (χ0n) is 14.1. The van der Waals surface area contributed by atoms with Gasteiger partial charge >= 0.3 is 0 Å². The highest BCUT2D eigenvalue weighted by Crippen LogP contribution is 2.35. The van der Waals surface area contributed by atoms with E-state index in [-0.39, 0.29) is 0 Å². The molecule has 0 aromatic heterocycles. The summed E-state index contributed by atoms with van der Waals surface area (Å²) >= 11 is 0. The van der Waals surface area contributed by atoms with Crippen molar-refractivity contribution in [2.45, 2.75) is 70.3 Å². The van der Waals surface area contributed by atoms with Crippen LogP contribution in [0.5, 0.6) is 0 Å². The smallest absolute Gasteiger partial charge is 0.0142 e. The van der Waals surface area contributed by atoms with Crippen molar-refractivity contribution in [3.8, 4) is 0 Å². The standard InChI is InChI=1S/C21H31N/c1-3-7-20-19-12-10-16(2)14-18(19)11-13-21(20)22-15-17-8-5-4-6-9-17/h3,10,12,14,17,20-22H,1,4-9,11,13,15H2,2H3. The van der Waals surface area contributed by atoms with E-state index >= 15 is 0 Å². The predicted molar refractivity (Wildman–Crippen MR) is 95.4 cm³/mol. The third kappa shape index (κ3) is 3.63. The SMILES string of the molecule is C=CCC1c2ccc(C)cc2CCC1NCC1CCCCC1. The molecule has 1 nitrogen and oxygen atoms in total. The second kappa shape index (κ2) is 7.46. The number of benzene rings is 1. The van der Waals surface area contributed by atoms with Crippen molar-refractivity contribution < 1.29 is 0 Å². The lowest BCUT2D eigenvalue weighted by Crippen LogP contribution is -2.41. The molecule has 2 atom stereocenters. The summed E-state index contributed by atoms with van der Waals surface area (Å²) in [6.45, 7) is 7.43. The number of fused-ring (bicyclic) bond motifs is 1. The minimum absolute atomic E-state index is 0.616. The summed E-state index contributed by atoms with van der Waals surface area (Å²) in [4.78, 5) is 0. The van der Waals surface area contributed by atoms with Gasteiger partial charge < -0.3 is 5.32 Å². The average Bonchev–Trinajstić information content (AvgIpc) is 2.55. The molecule has 120 valence electrons. The van der Waals surface area contributed by atoms with Gasteiger partial charge in [0.2, 0.25) is 0 Å². The summed E-state index contributed by atoms with van der Waals surface area (Å²) in [6.07, 6.45) is 12.9. The van der Waals surface area contributed by atoms with Gasteiger partial charge in [-0.1, -0.05) is 49.1 Å². The fraction of sp³-hybridized carbons (Fsp3) is 0.619. The molecule has 1 N–H and O–H groups in total. The molecule has 2 aliphatic rings. The van der Waals surface area contributed by atoms with Crippen LogP contribution < -0.4 is 5.32 Å². The van der Waals surface area contributed by atoms with Gasteiger partial charge in [0.05, 0.1) is 0 Å². The van der Waals surface area contributed by atoms with E-state index in [1.54, 1.807) is 11.1 Å². The van der Waals surface area contributed by atoms with Crippen LogP contribution in [0.2, 0.25) is 0 Å². The summed E-state index contributed by atoms with van der Waals surface area (Å²) in [5.41, 5.74) is 4.53. The number of allylic oxidation sites excluding steroid dienone is 1. The van der Waals surface area contributed by atoms with Crippen molar-refractivity contribution in [2.24, 2.45) is 5.92 Å². The van der Waals surface area contributed by atoms with Crippen LogP contribution in [0.3, 0.4) is 0 Å². The molecule has 0 bridgehead atoms. The molecular formula is C21H31N. The first-order valence-electron chi connectivity index (χ1n) is 9.21. The van der Waals surface area contributed by atoms with E-state index in [4.69, 9.17) is 0 Å². The van der Waals surface area contributed by atoms with E-state index < -0.39 is 0 Å². The maximum Gasteiger partial charge on any atom is 0.0142 e. The average molecular weight is 297 g/mol. The molecular weight excluding hydrogens is 266 g/mol. The Morgan fingerprint density at radius 3 is 2.77 bits per heavy atom. The highest BCUT2D eigenvalue weighted by molar-refractivity contribution is 5.37. The summed E-state index contributed by atoms with van der Waals surface area (Å²) in [7, 11) is 0. The highest BCUT2D eigenvalue weighted by atomic mass is 14.9. The molecule has 0 spiro atoms. The maximum atomic E-state index is 4.00. The Hall–Kier alpha value is -1.08. The van der Waals surface area contributed by atoms with Crippen molar-refractivity contribution in [3.05, 3.63) is 47.5 Å². The van der Waals surface area contributed by atoms with E-state index in [2.05, 4.69) is 43.1 Å². The van der Waals surface area contributed by atoms with E-state index in [1.165, 1.54) is 57.1 Å². The van der Waals surface area contributed by atoms with Gasteiger partial charge in [0.25, 0.3) is 0 Å². The Morgan fingerprint density at radius 2 is 2.00 bits per heavy atom. The van der Waals surface area contributed by atoms with Crippen molar-refractivity contribution in [1.29, 1.82) is 0 Å². The first-order chi connectivity index (χ1) is 10.8. The van der Waals surface area contributed by atoms with E-state index in [0.717, 1.165) is 12.3 Å². The van der Waals surface area contributed by atoms with Crippen molar-refractivity contribution >= 4 is 0 Å². The topological polar surface area (TPSA) is 12.0 Å². The van der Waals surface area contributed by atoms with Crippen LogP contribution in [0.15, 0.2) is 30.9 Å². The van der Waals surface area contributed by atoms with Gasteiger partial charge in [-0.15, -0.1) is 6.58 Å². The summed E-state index contributed by atoms with van der Waals surface area (Å²) in [6, 6.07) is 7.67. The van der Waals surface area contributed by atoms with Gasteiger partial charge in [0.1, 0.15) is 0 Å². The predicted octanol–water partition coefficient (Wildman–Crippen LogP) is 5.14. The minimum Gasteiger partial charge on any atom is -0.313 e. The van der Waals surface area contributed by atoms with Gasteiger partial charge in [0, 0.05) is 12.0 Å². The van der Waals surface area contributed by atoms with Crippen LogP contribution in [-0.2, 0) is 6.42 Å². The van der Waals surface area contributed by atoms with Crippen LogP contribution in [0.4, 0.5) is 0 Å². The lowest BCUT2D eigenvalue weighted by Gasteiger charge is -2.35. The van der Waals surface area contributed by atoms with Crippen LogP contribution >= 0.6 is 0 Å². The molecule has 1 aromatic carbocycles. The van der Waals surface area contributed by atoms with Gasteiger partial charge in [-0.05, 0) is 62.6 Å². The monoisotopic (exact) mass is 297 g/mol. The number of nitrogens with one attached hydrogen (secondary N) is 1. The third-order valence-electron chi connectivity index (χ3n) is 5.72. The highest BCUT2D eigenvalue weighted by Gasteiger charge is 2.29. The fourth-order valence-corrected chi connectivity index (χ4v) is 4.47. The van der Waals surface area contributed by atoms with Crippen molar-refractivity contribution in [2.75, 3.05) is 6.54 Å². The second-order valence-electron chi connectivity index (χ2n) is 7.39. The van der Waals surface area contributed by atoms with Crippen molar-refractivity contribution in [1.82, 2.24) is 5.32 Å². The molecule has 1 aromatic rings. The first kappa shape index (κ1) is 15.8. The Balaban J connectivity index is 1.68. The molecule has 3 rings (SSSR count). The third-order valence-corrected chi connectivity index (χ3v) is 5.72. The first-order valence-corrected chi connectivity index (χ1v) is 9.21. The van der Waals surface area contributed by atoms with Gasteiger partial charge in [-0.25, -0.2) is 0 Å². The number of hydrogen-bond acceptors (Lipinski definition) is 1. The van der Waals surface area contributed by atoms with E-state index in [0.29, 0.717) is 12.0 Å². The van der Waals surface area contributed by atoms with Gasteiger partial charge in [0.15, 0.2) is 0 Å². The Labute approximate surface area is 136 Å². The lowest BCUT2D eigenvalue weighted by atomic mass is 9.76. The Morgan fingerprint density at radius 1 is 1.18 bits per heavy atom. The molecule has 0 aliphatic heterocycles. The molecule has 0 amide bonds. The Kier molecular flexibility index (Phi) is 5.36. The quantitative estimate of drug-likeness (QED) is 0.742. The van der Waals surface area contributed by atoms with Crippen LogP contribution in [0.25, 0.3) is 0 Å². The van der Waals surface area contributed by atoms with Crippen LogP contribution in [0, 0.1) is 12.8 Å². The summed E-state index contributed by atoms with van der Waals surface area (Å²) in [5, 5.41) is 3.93. The van der Waals surface area contributed by atoms with Gasteiger partial charge in [-0.3, -0.25) is 0 Å².